The molecule has 0 unspecified atom stereocenters. The van der Waals surface area contributed by atoms with Crippen LogP contribution in [-0.4, -0.2) is 25.1 Å². The van der Waals surface area contributed by atoms with Crippen molar-refractivity contribution in [1.82, 2.24) is 4.37 Å². The number of hydrogen-bond acceptors (Lipinski definition) is 6. The number of nitrogens with two attached hydrogens (primary N) is 1. The highest BCUT2D eigenvalue weighted by atomic mass is 32.1. The van der Waals surface area contributed by atoms with Crippen LogP contribution in [0.25, 0.3) is 0 Å². The highest BCUT2D eigenvalue weighted by molar-refractivity contribution is 7.10. The van der Waals surface area contributed by atoms with Crippen LogP contribution in [0.15, 0.2) is 18.2 Å². The first-order valence-corrected chi connectivity index (χ1v) is 7.19. The average Bonchev–Trinajstić information content (AvgIpc) is 2.91. The van der Waals surface area contributed by atoms with Crippen LogP contribution in [0.5, 0.6) is 11.5 Å². The quantitative estimate of drug-likeness (QED) is 0.940. The van der Waals surface area contributed by atoms with Gasteiger partial charge in [-0.1, -0.05) is 0 Å². The van der Waals surface area contributed by atoms with Gasteiger partial charge >= 0.3 is 0 Å². The minimum atomic E-state index is 0.586. The summed E-state index contributed by atoms with van der Waals surface area (Å²) in [5.74, 6) is 2.15. The second-order valence-corrected chi connectivity index (χ2v) is 5.52. The fourth-order valence-electron chi connectivity index (χ4n) is 2.50. The summed E-state index contributed by atoms with van der Waals surface area (Å²) in [5, 5.41) is 1.11. The third kappa shape index (κ3) is 2.27. The molecule has 0 atom stereocenters. The summed E-state index contributed by atoms with van der Waals surface area (Å²) >= 11 is 1.44. The van der Waals surface area contributed by atoms with Gasteiger partial charge in [-0.2, -0.15) is 4.37 Å². The van der Waals surface area contributed by atoms with Crippen LogP contribution in [-0.2, 0) is 13.0 Å². The summed E-state index contributed by atoms with van der Waals surface area (Å²) < 4.78 is 14.9. The SMILES string of the molecule is COc1cc2c(cc1OC)CN(c1cc(N)ns1)CC2. The number of hydrogen-bond donors (Lipinski definition) is 1. The first-order valence-electron chi connectivity index (χ1n) is 6.42. The molecule has 5 nitrogen and oxygen atoms in total. The smallest absolute Gasteiger partial charge is 0.161 e. The summed E-state index contributed by atoms with van der Waals surface area (Å²) in [6.45, 7) is 1.81. The Bertz CT molecular complexity index is 627. The molecule has 20 heavy (non-hydrogen) atoms. The van der Waals surface area contributed by atoms with Crippen LogP contribution >= 0.6 is 11.5 Å². The molecular formula is C14H17N3O2S. The molecule has 2 heterocycles. The van der Waals surface area contributed by atoms with E-state index in [0.29, 0.717) is 5.82 Å². The lowest BCUT2D eigenvalue weighted by molar-refractivity contribution is 0.353. The minimum absolute atomic E-state index is 0.586. The van der Waals surface area contributed by atoms with Crippen molar-refractivity contribution < 1.29 is 9.47 Å². The Labute approximate surface area is 122 Å². The highest BCUT2D eigenvalue weighted by Crippen LogP contribution is 2.35. The molecule has 1 aliphatic heterocycles. The van der Waals surface area contributed by atoms with E-state index in [0.717, 1.165) is 36.0 Å². The monoisotopic (exact) mass is 291 g/mol. The molecule has 106 valence electrons. The van der Waals surface area contributed by atoms with Crippen molar-refractivity contribution in [3.05, 3.63) is 29.3 Å². The fourth-order valence-corrected chi connectivity index (χ4v) is 3.20. The van der Waals surface area contributed by atoms with E-state index in [9.17, 15) is 0 Å². The van der Waals surface area contributed by atoms with Crippen molar-refractivity contribution >= 4 is 22.4 Å². The standard InChI is InChI=1S/C14H17N3O2S/c1-18-11-5-9-3-4-17(14-7-13(15)16-20-14)8-10(9)6-12(11)19-2/h5-7H,3-4,8H2,1-2H3,(H2,15,16). The Morgan fingerprint density at radius 1 is 1.15 bits per heavy atom. The largest absolute Gasteiger partial charge is 0.493 e. The maximum absolute atomic E-state index is 5.70. The fraction of sp³-hybridized carbons (Fsp3) is 0.357. The molecule has 2 aromatic rings. The molecule has 1 aromatic carbocycles. The first-order chi connectivity index (χ1) is 9.71. The van der Waals surface area contributed by atoms with Gasteiger partial charge in [-0.25, -0.2) is 0 Å². The number of rotatable bonds is 3. The molecule has 0 saturated heterocycles. The maximum atomic E-state index is 5.70. The first kappa shape index (κ1) is 13.1. The van der Waals surface area contributed by atoms with Crippen molar-refractivity contribution in [2.45, 2.75) is 13.0 Å². The molecule has 2 N–H and O–H groups in total. The van der Waals surface area contributed by atoms with Crippen molar-refractivity contribution in [1.29, 1.82) is 0 Å². The number of methoxy groups -OCH3 is 2. The van der Waals surface area contributed by atoms with E-state index in [4.69, 9.17) is 15.2 Å². The van der Waals surface area contributed by atoms with Gasteiger partial charge in [-0.15, -0.1) is 0 Å². The highest BCUT2D eigenvalue weighted by Gasteiger charge is 2.20. The Morgan fingerprint density at radius 2 is 1.85 bits per heavy atom. The third-order valence-corrected chi connectivity index (χ3v) is 4.41. The lowest BCUT2D eigenvalue weighted by Crippen LogP contribution is -2.29. The van der Waals surface area contributed by atoms with Gasteiger partial charge in [-0.3, -0.25) is 0 Å². The second kappa shape index (κ2) is 5.20. The normalized spacial score (nSPS) is 14.0. The van der Waals surface area contributed by atoms with Crippen molar-refractivity contribution in [2.75, 3.05) is 31.4 Å². The topological polar surface area (TPSA) is 60.6 Å². The van der Waals surface area contributed by atoms with E-state index < -0.39 is 0 Å². The summed E-state index contributed by atoms with van der Waals surface area (Å²) in [6, 6.07) is 6.06. The van der Waals surface area contributed by atoms with Crippen LogP contribution < -0.4 is 20.1 Å². The lowest BCUT2D eigenvalue weighted by atomic mass is 9.99. The molecule has 0 spiro atoms. The van der Waals surface area contributed by atoms with Gasteiger partial charge in [-0.05, 0) is 41.2 Å². The number of nitrogen functional groups attached to an aromatic ring is 1. The van der Waals surface area contributed by atoms with E-state index >= 15 is 0 Å². The molecule has 0 bridgehead atoms. The van der Waals surface area contributed by atoms with E-state index in [1.165, 1.54) is 22.7 Å². The Kier molecular flexibility index (Phi) is 3.40. The van der Waals surface area contributed by atoms with Crippen LogP contribution in [0, 0.1) is 0 Å². The summed E-state index contributed by atoms with van der Waals surface area (Å²) in [6.07, 6.45) is 0.980. The predicted molar refractivity (Wildman–Crippen MR) is 80.8 cm³/mol. The third-order valence-electron chi connectivity index (χ3n) is 3.55. The van der Waals surface area contributed by atoms with Crippen molar-refractivity contribution in [3.8, 4) is 11.5 Å². The zero-order chi connectivity index (χ0) is 14.1. The molecule has 0 amide bonds. The van der Waals surface area contributed by atoms with Crippen molar-refractivity contribution in [2.24, 2.45) is 0 Å². The van der Waals surface area contributed by atoms with Crippen LogP contribution in [0.3, 0.4) is 0 Å². The Morgan fingerprint density at radius 3 is 2.45 bits per heavy atom. The molecule has 1 aliphatic rings. The number of ether oxygens (including phenoxy) is 2. The van der Waals surface area contributed by atoms with Gasteiger partial charge in [0, 0.05) is 19.2 Å². The van der Waals surface area contributed by atoms with Crippen LogP contribution in [0.4, 0.5) is 10.8 Å². The van der Waals surface area contributed by atoms with Crippen molar-refractivity contribution in [3.63, 3.8) is 0 Å². The number of benzene rings is 1. The maximum Gasteiger partial charge on any atom is 0.161 e. The molecule has 0 aliphatic carbocycles. The van der Waals surface area contributed by atoms with Gasteiger partial charge in [0.25, 0.3) is 0 Å². The predicted octanol–water partition coefficient (Wildman–Crippen LogP) is 2.31. The molecule has 0 fully saturated rings. The van der Waals surface area contributed by atoms with Crippen LogP contribution in [0.2, 0.25) is 0 Å². The molecular weight excluding hydrogens is 274 g/mol. The Hall–Kier alpha value is -1.95. The van der Waals surface area contributed by atoms with Crippen LogP contribution in [0.1, 0.15) is 11.1 Å². The summed E-state index contributed by atoms with van der Waals surface area (Å²) in [7, 11) is 3.33. The van der Waals surface area contributed by atoms with Gasteiger partial charge in [0.15, 0.2) is 11.5 Å². The van der Waals surface area contributed by atoms with Gasteiger partial charge < -0.3 is 20.1 Å². The van der Waals surface area contributed by atoms with E-state index in [2.05, 4.69) is 21.4 Å². The molecule has 0 radical (unpaired) electrons. The van der Waals surface area contributed by atoms with Gasteiger partial charge in [0.1, 0.15) is 10.8 Å². The lowest BCUT2D eigenvalue weighted by Gasteiger charge is -2.29. The summed E-state index contributed by atoms with van der Waals surface area (Å²) in [4.78, 5) is 2.29. The molecule has 6 heteroatoms. The Balaban J connectivity index is 1.90. The van der Waals surface area contributed by atoms with E-state index in [1.54, 1.807) is 14.2 Å². The number of anilines is 2. The average molecular weight is 291 g/mol. The van der Waals surface area contributed by atoms with Gasteiger partial charge in [0.2, 0.25) is 0 Å². The van der Waals surface area contributed by atoms with Gasteiger partial charge in [0.05, 0.1) is 14.2 Å². The molecule has 1 aromatic heterocycles. The second-order valence-electron chi connectivity index (χ2n) is 4.74. The van der Waals surface area contributed by atoms with E-state index in [-0.39, 0.29) is 0 Å². The summed E-state index contributed by atoms with van der Waals surface area (Å²) in [5.41, 5.74) is 8.28. The zero-order valence-corrected chi connectivity index (χ0v) is 12.4. The zero-order valence-electron chi connectivity index (χ0n) is 11.5. The number of nitrogens with zero attached hydrogens (tertiary/aromatic N) is 2. The molecule has 3 rings (SSSR count). The number of fused-ring (bicyclic) bond motifs is 1. The molecule has 0 saturated carbocycles. The number of aromatic nitrogens is 1. The minimum Gasteiger partial charge on any atom is -0.493 e. The van der Waals surface area contributed by atoms with E-state index in [1.807, 2.05) is 6.07 Å².